The van der Waals surface area contributed by atoms with Gasteiger partial charge in [0.2, 0.25) is 0 Å². The first kappa shape index (κ1) is 21.7. The number of hydrogen-bond acceptors (Lipinski definition) is 3. The second kappa shape index (κ2) is 8.19. The molecule has 5 nitrogen and oxygen atoms in total. The van der Waals surface area contributed by atoms with Gasteiger partial charge in [0.05, 0.1) is 22.4 Å². The highest BCUT2D eigenvalue weighted by Crippen LogP contribution is 2.32. The molecule has 31 heavy (non-hydrogen) atoms. The molecule has 0 saturated carbocycles. The minimum Gasteiger partial charge on any atom is -0.326 e. The van der Waals surface area contributed by atoms with Crippen molar-refractivity contribution in [2.45, 2.75) is 32.2 Å². The van der Waals surface area contributed by atoms with Crippen LogP contribution >= 0.6 is 23.2 Å². The molecule has 3 aromatic carbocycles. The minimum atomic E-state index is -3.91. The summed E-state index contributed by atoms with van der Waals surface area (Å²) in [6.45, 7) is 6.51. The first-order valence-electron chi connectivity index (χ1n) is 9.63. The highest BCUT2D eigenvalue weighted by atomic mass is 35.5. The van der Waals surface area contributed by atoms with Crippen LogP contribution in [0.25, 0.3) is 11.0 Å². The topological polar surface area (TPSA) is 64.0 Å². The SMILES string of the molecule is Cc1cccc(Cn2cnc3c(NS(=O)(=O)c4cc(Cl)cc(Cl)c4)c(C)c(C)cc32)c1. The largest absolute Gasteiger partial charge is 0.326 e. The predicted octanol–water partition coefficient (Wildman–Crippen LogP) is 6.12. The van der Waals surface area contributed by atoms with Crippen LogP contribution in [0.4, 0.5) is 5.69 Å². The summed E-state index contributed by atoms with van der Waals surface area (Å²) in [5.74, 6) is 0. The fourth-order valence-corrected chi connectivity index (χ4v) is 5.41. The second-order valence-corrected chi connectivity index (χ2v) is 10.2. The van der Waals surface area contributed by atoms with Crippen LogP contribution in [0.2, 0.25) is 10.0 Å². The Morgan fingerprint density at radius 3 is 2.39 bits per heavy atom. The van der Waals surface area contributed by atoms with Crippen molar-refractivity contribution in [2.24, 2.45) is 0 Å². The van der Waals surface area contributed by atoms with Gasteiger partial charge in [-0.3, -0.25) is 4.72 Å². The smallest absolute Gasteiger partial charge is 0.262 e. The van der Waals surface area contributed by atoms with Gasteiger partial charge < -0.3 is 4.57 Å². The van der Waals surface area contributed by atoms with Gasteiger partial charge in [0.1, 0.15) is 5.52 Å². The van der Waals surface area contributed by atoms with Crippen LogP contribution in [0.1, 0.15) is 22.3 Å². The van der Waals surface area contributed by atoms with E-state index in [9.17, 15) is 8.42 Å². The molecule has 0 spiro atoms. The van der Waals surface area contributed by atoms with Crippen molar-refractivity contribution in [3.8, 4) is 0 Å². The number of nitrogens with one attached hydrogen (secondary N) is 1. The third kappa shape index (κ3) is 4.42. The maximum Gasteiger partial charge on any atom is 0.262 e. The molecule has 0 aliphatic rings. The first-order chi connectivity index (χ1) is 14.6. The maximum absolute atomic E-state index is 13.1. The Morgan fingerprint density at radius 2 is 1.71 bits per heavy atom. The molecule has 160 valence electrons. The number of nitrogens with zero attached hydrogens (tertiary/aromatic N) is 2. The Balaban J connectivity index is 1.79. The van der Waals surface area contributed by atoms with Crippen LogP contribution < -0.4 is 4.72 Å². The zero-order valence-electron chi connectivity index (χ0n) is 17.3. The summed E-state index contributed by atoms with van der Waals surface area (Å²) in [5, 5.41) is 0.503. The summed E-state index contributed by atoms with van der Waals surface area (Å²) >= 11 is 12.0. The molecule has 1 N–H and O–H groups in total. The Kier molecular flexibility index (Phi) is 5.73. The van der Waals surface area contributed by atoms with Crippen molar-refractivity contribution in [1.29, 1.82) is 0 Å². The highest BCUT2D eigenvalue weighted by molar-refractivity contribution is 7.92. The molecular weight excluding hydrogens is 453 g/mol. The van der Waals surface area contributed by atoms with E-state index in [1.54, 1.807) is 6.33 Å². The molecule has 4 aromatic rings. The molecule has 1 heterocycles. The lowest BCUT2D eigenvalue weighted by Crippen LogP contribution is -2.14. The van der Waals surface area contributed by atoms with Crippen LogP contribution in [-0.4, -0.2) is 18.0 Å². The quantitative estimate of drug-likeness (QED) is 0.379. The molecule has 0 aliphatic heterocycles. The Morgan fingerprint density at radius 1 is 1.00 bits per heavy atom. The standard InChI is InChI=1S/C23H21Cl2N3O2S/c1-14-5-4-6-17(7-14)12-28-13-26-23-21(28)8-15(2)16(3)22(23)27-31(29,30)20-10-18(24)9-19(25)11-20/h4-11,13,27H,12H2,1-3H3. The summed E-state index contributed by atoms with van der Waals surface area (Å²) in [6.07, 6.45) is 1.74. The number of aromatic nitrogens is 2. The number of hydrogen-bond donors (Lipinski definition) is 1. The number of sulfonamides is 1. The van der Waals surface area contributed by atoms with E-state index in [1.807, 2.05) is 30.5 Å². The number of benzene rings is 3. The van der Waals surface area contributed by atoms with Crippen LogP contribution in [-0.2, 0) is 16.6 Å². The molecule has 0 amide bonds. The van der Waals surface area contributed by atoms with Gasteiger partial charge >= 0.3 is 0 Å². The van der Waals surface area contributed by atoms with Crippen molar-refractivity contribution in [3.63, 3.8) is 0 Å². The molecule has 0 aliphatic carbocycles. The molecule has 0 atom stereocenters. The zero-order chi connectivity index (χ0) is 22.3. The van der Waals surface area contributed by atoms with E-state index in [0.29, 0.717) is 17.7 Å². The van der Waals surface area contributed by atoms with Crippen molar-refractivity contribution in [3.05, 3.63) is 87.2 Å². The lowest BCUT2D eigenvalue weighted by Gasteiger charge is -2.15. The molecule has 4 rings (SSSR count). The number of anilines is 1. The summed E-state index contributed by atoms with van der Waals surface area (Å²) in [6, 6.07) is 14.5. The van der Waals surface area contributed by atoms with Gasteiger partial charge in [0, 0.05) is 16.6 Å². The normalized spacial score (nSPS) is 11.8. The second-order valence-electron chi connectivity index (χ2n) is 7.63. The average molecular weight is 474 g/mol. The lowest BCUT2D eigenvalue weighted by molar-refractivity contribution is 0.601. The van der Waals surface area contributed by atoms with Gasteiger partial charge in [-0.1, -0.05) is 53.0 Å². The summed E-state index contributed by atoms with van der Waals surface area (Å²) < 4.78 is 30.9. The molecule has 0 fully saturated rings. The zero-order valence-corrected chi connectivity index (χ0v) is 19.6. The third-order valence-electron chi connectivity index (χ3n) is 5.25. The van der Waals surface area contributed by atoms with Gasteiger partial charge in [-0.15, -0.1) is 0 Å². The average Bonchev–Trinajstić information content (AvgIpc) is 3.07. The lowest BCUT2D eigenvalue weighted by atomic mass is 10.1. The van der Waals surface area contributed by atoms with E-state index < -0.39 is 10.0 Å². The fourth-order valence-electron chi connectivity index (χ4n) is 3.56. The van der Waals surface area contributed by atoms with Gasteiger partial charge in [0.15, 0.2) is 0 Å². The van der Waals surface area contributed by atoms with Crippen LogP contribution in [0.15, 0.2) is 59.8 Å². The van der Waals surface area contributed by atoms with Crippen LogP contribution in [0, 0.1) is 20.8 Å². The summed E-state index contributed by atoms with van der Waals surface area (Å²) in [4.78, 5) is 4.53. The molecule has 0 radical (unpaired) electrons. The molecular formula is C23H21Cl2N3O2S. The monoisotopic (exact) mass is 473 g/mol. The van der Waals surface area contributed by atoms with E-state index in [0.717, 1.165) is 22.2 Å². The molecule has 0 unspecified atom stereocenters. The number of aryl methyl sites for hydroxylation is 2. The van der Waals surface area contributed by atoms with E-state index in [2.05, 4.69) is 34.8 Å². The van der Waals surface area contributed by atoms with E-state index in [4.69, 9.17) is 23.2 Å². The number of rotatable bonds is 5. The maximum atomic E-state index is 13.1. The van der Waals surface area contributed by atoms with E-state index in [1.165, 1.54) is 23.8 Å². The molecule has 0 bridgehead atoms. The Hall–Kier alpha value is -2.54. The van der Waals surface area contributed by atoms with Crippen molar-refractivity contribution in [1.82, 2.24) is 9.55 Å². The minimum absolute atomic E-state index is 0.00162. The third-order valence-corrected chi connectivity index (χ3v) is 7.02. The molecule has 1 aromatic heterocycles. The van der Waals surface area contributed by atoms with Gasteiger partial charge in [0.25, 0.3) is 10.0 Å². The Labute approximate surface area is 191 Å². The van der Waals surface area contributed by atoms with Gasteiger partial charge in [-0.2, -0.15) is 0 Å². The predicted molar refractivity (Wildman–Crippen MR) is 127 cm³/mol. The first-order valence-corrected chi connectivity index (χ1v) is 11.9. The van der Waals surface area contributed by atoms with Gasteiger partial charge in [-0.05, 0) is 61.7 Å². The molecule has 8 heteroatoms. The van der Waals surface area contributed by atoms with E-state index >= 15 is 0 Å². The Bertz CT molecular complexity index is 1390. The number of halogens is 2. The van der Waals surface area contributed by atoms with Crippen LogP contribution in [0.5, 0.6) is 0 Å². The summed E-state index contributed by atoms with van der Waals surface area (Å²) in [5.41, 5.74) is 5.99. The summed E-state index contributed by atoms with van der Waals surface area (Å²) in [7, 11) is -3.91. The number of fused-ring (bicyclic) bond motifs is 1. The fraction of sp³-hybridized carbons (Fsp3) is 0.174. The van der Waals surface area contributed by atoms with Gasteiger partial charge in [-0.25, -0.2) is 13.4 Å². The van der Waals surface area contributed by atoms with Crippen LogP contribution in [0.3, 0.4) is 0 Å². The van der Waals surface area contributed by atoms with E-state index in [-0.39, 0.29) is 14.9 Å². The number of imidazole rings is 1. The highest BCUT2D eigenvalue weighted by Gasteiger charge is 2.21. The molecule has 0 saturated heterocycles. The van der Waals surface area contributed by atoms with Crippen molar-refractivity contribution >= 4 is 49.9 Å². The van der Waals surface area contributed by atoms with Crippen molar-refractivity contribution in [2.75, 3.05) is 4.72 Å². The van der Waals surface area contributed by atoms with Crippen molar-refractivity contribution < 1.29 is 8.42 Å².